The molecule has 0 saturated heterocycles. The average molecular weight is 392 g/mol. The molecule has 0 bridgehead atoms. The van der Waals surface area contributed by atoms with Crippen molar-refractivity contribution in [1.82, 2.24) is 0 Å². The Labute approximate surface area is 167 Å². The van der Waals surface area contributed by atoms with E-state index in [1.54, 1.807) is 32.7 Å². The molecule has 0 radical (unpaired) electrons. The van der Waals surface area contributed by atoms with Crippen LogP contribution in [0.3, 0.4) is 0 Å². The third-order valence-electron chi connectivity index (χ3n) is 4.48. The molecule has 142 valence electrons. The lowest BCUT2D eigenvalue weighted by molar-refractivity contribution is 0.413. The van der Waals surface area contributed by atoms with Crippen LogP contribution in [0.15, 0.2) is 66.7 Å². The first kappa shape index (κ1) is 18.2. The second kappa shape index (κ2) is 7.82. The molecule has 0 aliphatic heterocycles. The Kier molecular flexibility index (Phi) is 5.08. The smallest absolute Gasteiger partial charge is 0.153 e. The minimum absolute atomic E-state index is 0.756. The SMILES string of the molecule is COc1ccc(Oc2c(-c3ccc(OC)cc3)sc3cc(OC)ccc23)cc1. The van der Waals surface area contributed by atoms with E-state index in [0.717, 1.165) is 49.3 Å². The Morgan fingerprint density at radius 2 is 1.14 bits per heavy atom. The van der Waals surface area contributed by atoms with Gasteiger partial charge in [0.15, 0.2) is 5.75 Å². The highest BCUT2D eigenvalue weighted by atomic mass is 32.1. The Morgan fingerprint density at radius 1 is 0.607 bits per heavy atom. The van der Waals surface area contributed by atoms with Crippen LogP contribution in [0, 0.1) is 0 Å². The summed E-state index contributed by atoms with van der Waals surface area (Å²) in [7, 11) is 4.99. The normalized spacial score (nSPS) is 10.7. The molecule has 4 nitrogen and oxygen atoms in total. The van der Waals surface area contributed by atoms with E-state index >= 15 is 0 Å². The molecule has 0 aliphatic rings. The summed E-state index contributed by atoms with van der Waals surface area (Å²) < 4.78 is 23.3. The van der Waals surface area contributed by atoms with Crippen LogP contribution < -0.4 is 18.9 Å². The van der Waals surface area contributed by atoms with Crippen molar-refractivity contribution in [2.75, 3.05) is 21.3 Å². The second-order valence-electron chi connectivity index (χ2n) is 6.13. The van der Waals surface area contributed by atoms with Gasteiger partial charge in [-0.25, -0.2) is 0 Å². The molecule has 0 unspecified atom stereocenters. The predicted molar refractivity (Wildman–Crippen MR) is 113 cm³/mol. The van der Waals surface area contributed by atoms with Crippen LogP contribution in [0.5, 0.6) is 28.7 Å². The largest absolute Gasteiger partial charge is 0.497 e. The molecule has 1 heterocycles. The highest BCUT2D eigenvalue weighted by molar-refractivity contribution is 7.22. The average Bonchev–Trinajstić information content (AvgIpc) is 3.11. The lowest BCUT2D eigenvalue weighted by atomic mass is 10.1. The van der Waals surface area contributed by atoms with Crippen LogP contribution in [0.25, 0.3) is 20.5 Å². The summed E-state index contributed by atoms with van der Waals surface area (Å²) in [5, 5.41) is 1.05. The maximum atomic E-state index is 6.33. The Balaban J connectivity index is 1.82. The summed E-state index contributed by atoms with van der Waals surface area (Å²) in [5.41, 5.74) is 1.07. The van der Waals surface area contributed by atoms with E-state index < -0.39 is 0 Å². The molecule has 0 fully saturated rings. The molecule has 4 aromatic rings. The van der Waals surface area contributed by atoms with Crippen LogP contribution in [0.4, 0.5) is 0 Å². The van der Waals surface area contributed by atoms with Crippen LogP contribution in [-0.2, 0) is 0 Å². The van der Waals surface area contributed by atoms with E-state index in [1.807, 2.05) is 66.7 Å². The first-order valence-corrected chi connectivity index (χ1v) is 9.60. The molecule has 0 amide bonds. The van der Waals surface area contributed by atoms with E-state index in [4.69, 9.17) is 18.9 Å². The summed E-state index contributed by atoms with van der Waals surface area (Å²) in [6.07, 6.45) is 0. The number of thiophene rings is 1. The highest BCUT2D eigenvalue weighted by Crippen LogP contribution is 2.47. The zero-order valence-electron chi connectivity index (χ0n) is 15.9. The molecule has 0 N–H and O–H groups in total. The predicted octanol–water partition coefficient (Wildman–Crippen LogP) is 6.39. The van der Waals surface area contributed by atoms with Crippen molar-refractivity contribution in [2.24, 2.45) is 0 Å². The summed E-state index contributed by atoms with van der Waals surface area (Å²) in [5.74, 6) is 4.03. The summed E-state index contributed by atoms with van der Waals surface area (Å²) in [6, 6.07) is 21.6. The van der Waals surface area contributed by atoms with Gasteiger partial charge in [0.25, 0.3) is 0 Å². The number of benzene rings is 3. The van der Waals surface area contributed by atoms with Crippen molar-refractivity contribution >= 4 is 21.4 Å². The van der Waals surface area contributed by atoms with Crippen molar-refractivity contribution < 1.29 is 18.9 Å². The fraction of sp³-hybridized carbons (Fsp3) is 0.130. The topological polar surface area (TPSA) is 36.9 Å². The zero-order chi connectivity index (χ0) is 19.5. The number of ether oxygens (including phenoxy) is 4. The lowest BCUT2D eigenvalue weighted by Gasteiger charge is -2.09. The Morgan fingerprint density at radius 3 is 1.75 bits per heavy atom. The fourth-order valence-electron chi connectivity index (χ4n) is 2.98. The second-order valence-corrected chi connectivity index (χ2v) is 7.18. The lowest BCUT2D eigenvalue weighted by Crippen LogP contribution is -1.87. The van der Waals surface area contributed by atoms with Crippen LogP contribution in [0.1, 0.15) is 0 Å². The maximum absolute atomic E-state index is 6.33. The molecular weight excluding hydrogens is 372 g/mol. The van der Waals surface area contributed by atoms with Crippen molar-refractivity contribution in [2.45, 2.75) is 0 Å². The summed E-state index contributed by atoms with van der Waals surface area (Å²) >= 11 is 1.68. The first-order chi connectivity index (χ1) is 13.7. The van der Waals surface area contributed by atoms with Crippen molar-refractivity contribution in [3.63, 3.8) is 0 Å². The summed E-state index contributed by atoms with van der Waals surface area (Å²) in [4.78, 5) is 1.06. The third-order valence-corrected chi connectivity index (χ3v) is 5.67. The van der Waals surface area contributed by atoms with Gasteiger partial charge in [-0.3, -0.25) is 0 Å². The van der Waals surface area contributed by atoms with Crippen LogP contribution in [-0.4, -0.2) is 21.3 Å². The van der Waals surface area contributed by atoms with E-state index in [0.29, 0.717) is 0 Å². The zero-order valence-corrected chi connectivity index (χ0v) is 16.7. The minimum atomic E-state index is 0.756. The maximum Gasteiger partial charge on any atom is 0.153 e. The standard InChI is InChI=1S/C23H20O4S/c1-24-16-6-4-15(5-7-16)23-22(27-18-10-8-17(25-2)9-11-18)20-13-12-19(26-3)14-21(20)28-23/h4-14H,1-3H3. The monoisotopic (exact) mass is 392 g/mol. The summed E-state index contributed by atoms with van der Waals surface area (Å²) in [6.45, 7) is 0. The van der Waals surface area contributed by atoms with Gasteiger partial charge in [-0.05, 0) is 72.3 Å². The Bertz CT molecular complexity index is 1080. The number of methoxy groups -OCH3 is 3. The van der Waals surface area contributed by atoms with Crippen LogP contribution >= 0.6 is 11.3 Å². The third kappa shape index (κ3) is 3.49. The van der Waals surface area contributed by atoms with Gasteiger partial charge in [-0.2, -0.15) is 0 Å². The minimum Gasteiger partial charge on any atom is -0.497 e. The molecule has 28 heavy (non-hydrogen) atoms. The van der Waals surface area contributed by atoms with Crippen molar-refractivity contribution in [3.8, 4) is 39.2 Å². The van der Waals surface area contributed by atoms with Crippen LogP contribution in [0.2, 0.25) is 0 Å². The highest BCUT2D eigenvalue weighted by Gasteiger charge is 2.17. The fourth-order valence-corrected chi connectivity index (χ4v) is 4.14. The quantitative estimate of drug-likeness (QED) is 0.381. The molecule has 1 aromatic heterocycles. The van der Waals surface area contributed by atoms with E-state index in [1.165, 1.54) is 0 Å². The number of fused-ring (bicyclic) bond motifs is 1. The van der Waals surface area contributed by atoms with Gasteiger partial charge in [-0.1, -0.05) is 0 Å². The van der Waals surface area contributed by atoms with Crippen molar-refractivity contribution in [1.29, 1.82) is 0 Å². The first-order valence-electron chi connectivity index (χ1n) is 8.78. The van der Waals surface area contributed by atoms with E-state index in [-0.39, 0.29) is 0 Å². The van der Waals surface area contributed by atoms with Gasteiger partial charge in [0.2, 0.25) is 0 Å². The van der Waals surface area contributed by atoms with Gasteiger partial charge in [-0.15, -0.1) is 11.3 Å². The van der Waals surface area contributed by atoms with Gasteiger partial charge in [0.05, 0.1) is 26.2 Å². The van der Waals surface area contributed by atoms with E-state index in [9.17, 15) is 0 Å². The number of hydrogen-bond acceptors (Lipinski definition) is 5. The molecular formula is C23H20O4S. The van der Waals surface area contributed by atoms with E-state index in [2.05, 4.69) is 0 Å². The van der Waals surface area contributed by atoms with Gasteiger partial charge < -0.3 is 18.9 Å². The molecule has 4 rings (SSSR count). The molecule has 0 atom stereocenters. The molecule has 0 saturated carbocycles. The number of rotatable bonds is 6. The molecule has 0 aliphatic carbocycles. The number of hydrogen-bond donors (Lipinski definition) is 0. The molecule has 0 spiro atoms. The van der Waals surface area contributed by atoms with Gasteiger partial charge in [0, 0.05) is 10.1 Å². The van der Waals surface area contributed by atoms with Gasteiger partial charge in [0.1, 0.15) is 23.0 Å². The molecule has 5 heteroatoms. The van der Waals surface area contributed by atoms with Gasteiger partial charge >= 0.3 is 0 Å². The van der Waals surface area contributed by atoms with Crippen molar-refractivity contribution in [3.05, 3.63) is 66.7 Å². The Hall–Kier alpha value is -3.18. The molecule has 3 aromatic carbocycles.